The van der Waals surface area contributed by atoms with Crippen molar-refractivity contribution < 1.29 is 9.59 Å². The van der Waals surface area contributed by atoms with Crippen LogP contribution in [0.15, 0.2) is 0 Å². The molecule has 2 atom stereocenters. The molecule has 5 heteroatoms. The highest BCUT2D eigenvalue weighted by Gasteiger charge is 2.57. The van der Waals surface area contributed by atoms with Crippen molar-refractivity contribution in [2.75, 3.05) is 20.1 Å². The van der Waals surface area contributed by atoms with E-state index < -0.39 is 6.04 Å². The lowest BCUT2D eigenvalue weighted by Crippen LogP contribution is -2.45. The quantitative estimate of drug-likeness (QED) is 0.629. The average Bonchev–Trinajstić information content (AvgIpc) is 3.02. The molecule has 2 aliphatic rings. The van der Waals surface area contributed by atoms with E-state index in [0.29, 0.717) is 0 Å². The van der Waals surface area contributed by atoms with E-state index in [0.717, 1.165) is 32.4 Å². The van der Waals surface area contributed by atoms with E-state index in [-0.39, 0.29) is 23.1 Å². The van der Waals surface area contributed by atoms with Crippen LogP contribution in [0.1, 0.15) is 26.2 Å². The molecular formula is C12H21N3O2. The van der Waals surface area contributed by atoms with Gasteiger partial charge in [-0.3, -0.25) is 9.59 Å². The maximum absolute atomic E-state index is 12.0. The van der Waals surface area contributed by atoms with Crippen LogP contribution in [0.5, 0.6) is 0 Å². The number of hydrogen-bond donors (Lipinski definition) is 3. The van der Waals surface area contributed by atoms with E-state index in [1.165, 1.54) is 0 Å². The van der Waals surface area contributed by atoms with Gasteiger partial charge in [-0.05, 0) is 44.7 Å². The molecule has 1 heterocycles. The van der Waals surface area contributed by atoms with Gasteiger partial charge >= 0.3 is 0 Å². The third-order valence-corrected chi connectivity index (χ3v) is 4.10. The van der Waals surface area contributed by atoms with Crippen molar-refractivity contribution in [2.24, 2.45) is 11.3 Å². The largest absolute Gasteiger partial charge is 0.357 e. The van der Waals surface area contributed by atoms with Crippen LogP contribution in [0.25, 0.3) is 0 Å². The fourth-order valence-electron chi connectivity index (χ4n) is 2.79. The lowest BCUT2D eigenvalue weighted by Gasteiger charge is -2.23. The molecule has 2 fully saturated rings. The van der Waals surface area contributed by atoms with Gasteiger partial charge in [0.05, 0.1) is 0 Å². The Morgan fingerprint density at radius 2 is 2.00 bits per heavy atom. The highest BCUT2D eigenvalue weighted by atomic mass is 16.2. The minimum absolute atomic E-state index is 0.0444. The van der Waals surface area contributed by atoms with E-state index in [2.05, 4.69) is 16.0 Å². The Morgan fingerprint density at radius 3 is 2.59 bits per heavy atom. The monoisotopic (exact) mass is 239 g/mol. The van der Waals surface area contributed by atoms with Crippen molar-refractivity contribution in [2.45, 2.75) is 32.2 Å². The normalized spacial score (nSPS) is 27.3. The van der Waals surface area contributed by atoms with E-state index in [1.54, 1.807) is 14.0 Å². The number of rotatable bonds is 3. The topological polar surface area (TPSA) is 70.2 Å². The van der Waals surface area contributed by atoms with Gasteiger partial charge in [-0.1, -0.05) is 0 Å². The molecule has 0 aromatic heterocycles. The Kier molecular flexibility index (Phi) is 3.38. The van der Waals surface area contributed by atoms with Crippen LogP contribution in [0.4, 0.5) is 0 Å². The molecule has 3 N–H and O–H groups in total. The first-order valence-corrected chi connectivity index (χ1v) is 6.32. The molecule has 2 rings (SSSR count). The van der Waals surface area contributed by atoms with Crippen LogP contribution in [-0.4, -0.2) is 38.0 Å². The van der Waals surface area contributed by atoms with Crippen LogP contribution < -0.4 is 16.0 Å². The number of carbonyl (C=O) groups excluding carboxylic acids is 2. The SMILES string of the molecule is CNC(=O)C(C)NC(=O)C1CC12CCNCC2. The van der Waals surface area contributed by atoms with Gasteiger partial charge in [-0.2, -0.15) is 0 Å². The molecule has 0 aromatic carbocycles. The van der Waals surface area contributed by atoms with Crippen LogP contribution in [-0.2, 0) is 9.59 Å². The number of hydrogen-bond acceptors (Lipinski definition) is 3. The molecule has 1 aliphatic carbocycles. The van der Waals surface area contributed by atoms with Crippen LogP contribution in [0, 0.1) is 11.3 Å². The van der Waals surface area contributed by atoms with Crippen molar-refractivity contribution in [3.8, 4) is 0 Å². The smallest absolute Gasteiger partial charge is 0.242 e. The van der Waals surface area contributed by atoms with Crippen LogP contribution >= 0.6 is 0 Å². The van der Waals surface area contributed by atoms with E-state index in [9.17, 15) is 9.59 Å². The summed E-state index contributed by atoms with van der Waals surface area (Å²) in [5.74, 6) is 0.0260. The molecule has 2 unspecified atom stereocenters. The maximum atomic E-state index is 12.0. The Morgan fingerprint density at radius 1 is 1.35 bits per heavy atom. The maximum Gasteiger partial charge on any atom is 0.242 e. The molecule has 1 saturated carbocycles. The zero-order valence-electron chi connectivity index (χ0n) is 10.5. The number of likely N-dealkylation sites (N-methyl/N-ethyl adjacent to an activating group) is 1. The minimum atomic E-state index is -0.438. The van der Waals surface area contributed by atoms with Gasteiger partial charge in [0.25, 0.3) is 0 Å². The molecule has 1 saturated heterocycles. The fraction of sp³-hybridized carbons (Fsp3) is 0.833. The van der Waals surface area contributed by atoms with Gasteiger partial charge in [0.2, 0.25) is 11.8 Å². The number of piperidine rings is 1. The first-order chi connectivity index (χ1) is 8.09. The third-order valence-electron chi connectivity index (χ3n) is 4.10. The number of amides is 2. The first-order valence-electron chi connectivity index (χ1n) is 6.32. The predicted octanol–water partition coefficient (Wildman–Crippen LogP) is -0.373. The van der Waals surface area contributed by atoms with Crippen molar-refractivity contribution in [3.63, 3.8) is 0 Å². The summed E-state index contributed by atoms with van der Waals surface area (Å²) < 4.78 is 0. The Bertz CT molecular complexity index is 324. The molecule has 0 aromatic rings. The highest BCUT2D eigenvalue weighted by molar-refractivity contribution is 5.89. The molecule has 2 amide bonds. The van der Waals surface area contributed by atoms with Crippen molar-refractivity contribution in [1.82, 2.24) is 16.0 Å². The summed E-state index contributed by atoms with van der Waals surface area (Å²) in [6.45, 7) is 3.73. The predicted molar refractivity (Wildman–Crippen MR) is 64.3 cm³/mol. The molecule has 0 bridgehead atoms. The lowest BCUT2D eigenvalue weighted by atomic mass is 9.91. The van der Waals surface area contributed by atoms with Crippen molar-refractivity contribution >= 4 is 11.8 Å². The van der Waals surface area contributed by atoms with E-state index in [4.69, 9.17) is 0 Å². The average molecular weight is 239 g/mol. The second-order valence-corrected chi connectivity index (χ2v) is 5.21. The molecule has 1 spiro atoms. The van der Waals surface area contributed by atoms with Gasteiger partial charge in [0.1, 0.15) is 6.04 Å². The Labute approximate surface area is 102 Å². The van der Waals surface area contributed by atoms with Crippen LogP contribution in [0.2, 0.25) is 0 Å². The summed E-state index contributed by atoms with van der Waals surface area (Å²) in [7, 11) is 1.58. The summed E-state index contributed by atoms with van der Waals surface area (Å²) in [5.41, 5.74) is 0.234. The molecule has 0 radical (unpaired) electrons. The van der Waals surface area contributed by atoms with Gasteiger partial charge < -0.3 is 16.0 Å². The summed E-state index contributed by atoms with van der Waals surface area (Å²) in [4.78, 5) is 23.3. The fourth-order valence-corrected chi connectivity index (χ4v) is 2.79. The third kappa shape index (κ3) is 2.44. The molecule has 1 aliphatic heterocycles. The number of nitrogens with one attached hydrogen (secondary N) is 3. The molecule has 96 valence electrons. The molecule has 5 nitrogen and oxygen atoms in total. The molecular weight excluding hydrogens is 218 g/mol. The zero-order chi connectivity index (χ0) is 12.5. The standard InChI is InChI=1S/C12H21N3O2/c1-8(10(16)13-2)15-11(17)9-7-12(9)3-5-14-6-4-12/h8-9,14H,3-7H2,1-2H3,(H,13,16)(H,15,17). The second kappa shape index (κ2) is 4.64. The number of carbonyl (C=O) groups is 2. The second-order valence-electron chi connectivity index (χ2n) is 5.21. The van der Waals surface area contributed by atoms with Gasteiger partial charge in [-0.25, -0.2) is 0 Å². The van der Waals surface area contributed by atoms with E-state index in [1.807, 2.05) is 0 Å². The summed E-state index contributed by atoms with van der Waals surface area (Å²) in [6.07, 6.45) is 3.15. The summed E-state index contributed by atoms with van der Waals surface area (Å²) in [6, 6.07) is -0.438. The van der Waals surface area contributed by atoms with Crippen LogP contribution in [0.3, 0.4) is 0 Å². The Balaban J connectivity index is 1.84. The Hall–Kier alpha value is -1.10. The first kappa shape index (κ1) is 12.4. The zero-order valence-corrected chi connectivity index (χ0v) is 10.5. The van der Waals surface area contributed by atoms with Gasteiger partial charge in [0, 0.05) is 13.0 Å². The highest BCUT2D eigenvalue weighted by Crippen LogP contribution is 2.58. The minimum Gasteiger partial charge on any atom is -0.357 e. The van der Waals surface area contributed by atoms with Gasteiger partial charge in [-0.15, -0.1) is 0 Å². The van der Waals surface area contributed by atoms with Gasteiger partial charge in [0.15, 0.2) is 0 Å². The van der Waals surface area contributed by atoms with Crippen molar-refractivity contribution in [1.29, 1.82) is 0 Å². The molecule has 17 heavy (non-hydrogen) atoms. The lowest BCUT2D eigenvalue weighted by molar-refractivity contribution is -0.129. The summed E-state index contributed by atoms with van der Waals surface area (Å²) >= 11 is 0. The summed E-state index contributed by atoms with van der Waals surface area (Å²) in [5, 5.41) is 8.64. The van der Waals surface area contributed by atoms with Crippen molar-refractivity contribution in [3.05, 3.63) is 0 Å². The van der Waals surface area contributed by atoms with E-state index >= 15 is 0 Å².